The number of fused-ring (bicyclic) bond motifs is 1. The summed E-state index contributed by atoms with van der Waals surface area (Å²) >= 11 is 1.61. The number of rotatable bonds is 5. The van der Waals surface area contributed by atoms with E-state index in [2.05, 4.69) is 15.9 Å². The van der Waals surface area contributed by atoms with Crippen LogP contribution in [0.25, 0.3) is 20.9 Å². The Bertz CT molecular complexity index is 1160. The number of anilines is 2. The molecule has 1 amide bonds. The summed E-state index contributed by atoms with van der Waals surface area (Å²) in [6.45, 7) is 5.94. The SMILES string of the molecule is COc1ccc(N2CCCCC2)c2sc(-c3cc(C(N)=O)c(C)c(N4CCCC4)n3)nc12. The smallest absolute Gasteiger partial charge is 0.249 e. The molecule has 0 atom stereocenters. The average molecular weight is 452 g/mol. The lowest BCUT2D eigenvalue weighted by Crippen LogP contribution is -2.29. The Balaban J connectivity index is 1.66. The molecule has 1 aromatic carbocycles. The second-order valence-corrected chi connectivity index (χ2v) is 9.59. The van der Waals surface area contributed by atoms with Crippen molar-refractivity contribution < 1.29 is 9.53 Å². The molecule has 2 aliphatic heterocycles. The molecule has 4 heterocycles. The van der Waals surface area contributed by atoms with Crippen LogP contribution in [0.15, 0.2) is 18.2 Å². The lowest BCUT2D eigenvalue weighted by atomic mass is 10.1. The monoisotopic (exact) mass is 451 g/mol. The molecule has 2 saturated heterocycles. The number of carbonyl (C=O) groups excluding carboxylic acids is 1. The Labute approximate surface area is 192 Å². The lowest BCUT2D eigenvalue weighted by molar-refractivity contribution is 0.0999. The van der Waals surface area contributed by atoms with E-state index in [4.69, 9.17) is 20.4 Å². The van der Waals surface area contributed by atoms with E-state index in [1.807, 2.05) is 13.0 Å². The number of methoxy groups -OCH3 is 1. The highest BCUT2D eigenvalue weighted by molar-refractivity contribution is 7.22. The summed E-state index contributed by atoms with van der Waals surface area (Å²) in [5.74, 6) is 1.17. The van der Waals surface area contributed by atoms with Crippen molar-refractivity contribution in [3.05, 3.63) is 29.3 Å². The number of ether oxygens (including phenoxy) is 1. The Morgan fingerprint density at radius 2 is 1.72 bits per heavy atom. The van der Waals surface area contributed by atoms with Crippen molar-refractivity contribution in [3.63, 3.8) is 0 Å². The number of benzene rings is 1. The largest absolute Gasteiger partial charge is 0.494 e. The third kappa shape index (κ3) is 3.66. The highest BCUT2D eigenvalue weighted by atomic mass is 32.1. The highest BCUT2D eigenvalue weighted by Crippen LogP contribution is 2.42. The van der Waals surface area contributed by atoms with Gasteiger partial charge in [0.2, 0.25) is 5.91 Å². The van der Waals surface area contributed by atoms with Gasteiger partial charge in [0, 0.05) is 37.3 Å². The van der Waals surface area contributed by atoms with E-state index < -0.39 is 5.91 Å². The number of primary amides is 1. The minimum Gasteiger partial charge on any atom is -0.494 e. The van der Waals surface area contributed by atoms with Crippen LogP contribution in [0.2, 0.25) is 0 Å². The van der Waals surface area contributed by atoms with Crippen molar-refractivity contribution in [3.8, 4) is 16.5 Å². The normalized spacial score (nSPS) is 16.7. The fraction of sp³-hybridized carbons (Fsp3) is 0.458. The van der Waals surface area contributed by atoms with Crippen molar-refractivity contribution >= 4 is 39.0 Å². The first-order chi connectivity index (χ1) is 15.6. The summed E-state index contributed by atoms with van der Waals surface area (Å²) in [6, 6.07) is 5.94. The van der Waals surface area contributed by atoms with Gasteiger partial charge in [-0.1, -0.05) is 0 Å². The minimum absolute atomic E-state index is 0.431. The molecule has 32 heavy (non-hydrogen) atoms. The van der Waals surface area contributed by atoms with Gasteiger partial charge in [0.05, 0.1) is 17.5 Å². The number of nitrogens with zero attached hydrogens (tertiary/aromatic N) is 4. The maximum Gasteiger partial charge on any atom is 0.249 e. The predicted molar refractivity (Wildman–Crippen MR) is 130 cm³/mol. The second kappa shape index (κ2) is 8.58. The van der Waals surface area contributed by atoms with E-state index in [0.29, 0.717) is 11.3 Å². The third-order valence-electron chi connectivity index (χ3n) is 6.54. The maximum absolute atomic E-state index is 12.2. The number of hydrogen-bond acceptors (Lipinski definition) is 7. The van der Waals surface area contributed by atoms with Crippen LogP contribution in [0.5, 0.6) is 5.75 Å². The summed E-state index contributed by atoms with van der Waals surface area (Å²) in [5, 5.41) is 0.783. The molecular formula is C24H29N5O2S. The topological polar surface area (TPSA) is 84.6 Å². The zero-order valence-electron chi connectivity index (χ0n) is 18.7. The molecule has 0 radical (unpaired) electrons. The van der Waals surface area contributed by atoms with E-state index in [1.54, 1.807) is 24.5 Å². The number of nitrogens with two attached hydrogens (primary N) is 1. The fourth-order valence-electron chi connectivity index (χ4n) is 4.83. The van der Waals surface area contributed by atoms with Gasteiger partial charge in [-0.25, -0.2) is 9.97 Å². The number of pyridine rings is 1. The van der Waals surface area contributed by atoms with Gasteiger partial charge >= 0.3 is 0 Å². The third-order valence-corrected chi connectivity index (χ3v) is 7.64. The minimum atomic E-state index is -0.431. The van der Waals surface area contributed by atoms with E-state index >= 15 is 0 Å². The van der Waals surface area contributed by atoms with E-state index in [-0.39, 0.29) is 0 Å². The first-order valence-corrected chi connectivity index (χ1v) is 12.2. The molecule has 2 fully saturated rings. The zero-order chi connectivity index (χ0) is 22.2. The van der Waals surface area contributed by atoms with Gasteiger partial charge in [-0.3, -0.25) is 4.79 Å². The molecule has 8 heteroatoms. The van der Waals surface area contributed by atoms with Crippen LogP contribution >= 0.6 is 11.3 Å². The Morgan fingerprint density at radius 1 is 1.03 bits per heavy atom. The van der Waals surface area contributed by atoms with Gasteiger partial charge in [-0.2, -0.15) is 0 Å². The summed E-state index contributed by atoms with van der Waals surface area (Å²) in [7, 11) is 1.68. The highest BCUT2D eigenvalue weighted by Gasteiger charge is 2.24. The lowest BCUT2D eigenvalue weighted by Gasteiger charge is -2.29. The van der Waals surface area contributed by atoms with Gasteiger partial charge in [0.15, 0.2) is 0 Å². The summed E-state index contributed by atoms with van der Waals surface area (Å²) < 4.78 is 6.73. The van der Waals surface area contributed by atoms with Gasteiger partial charge < -0.3 is 20.3 Å². The molecule has 2 N–H and O–H groups in total. The van der Waals surface area contributed by atoms with E-state index in [9.17, 15) is 4.79 Å². The van der Waals surface area contributed by atoms with Crippen molar-refractivity contribution in [2.24, 2.45) is 5.73 Å². The van der Waals surface area contributed by atoms with Crippen molar-refractivity contribution in [2.45, 2.75) is 39.0 Å². The Morgan fingerprint density at radius 3 is 2.41 bits per heavy atom. The molecule has 2 aromatic heterocycles. The van der Waals surface area contributed by atoms with E-state index in [0.717, 1.165) is 71.4 Å². The molecule has 7 nitrogen and oxygen atoms in total. The van der Waals surface area contributed by atoms with Crippen LogP contribution in [-0.2, 0) is 0 Å². The first kappa shape index (κ1) is 21.0. The van der Waals surface area contributed by atoms with Crippen LogP contribution in [0.3, 0.4) is 0 Å². The van der Waals surface area contributed by atoms with Crippen molar-refractivity contribution in [1.29, 1.82) is 0 Å². The Kier molecular flexibility index (Phi) is 5.63. The first-order valence-electron chi connectivity index (χ1n) is 11.4. The van der Waals surface area contributed by atoms with Crippen LogP contribution in [-0.4, -0.2) is 49.2 Å². The average Bonchev–Trinajstić information content (AvgIpc) is 3.49. The van der Waals surface area contributed by atoms with E-state index in [1.165, 1.54) is 24.9 Å². The number of aromatic nitrogens is 2. The fourth-order valence-corrected chi connectivity index (χ4v) is 5.91. The summed E-state index contributed by atoms with van der Waals surface area (Å²) in [6.07, 6.45) is 5.97. The Hall–Kier alpha value is -2.87. The number of carbonyl (C=O) groups is 1. The molecule has 0 saturated carbocycles. The number of thiazole rings is 1. The van der Waals surface area contributed by atoms with Gasteiger partial charge in [-0.05, 0) is 57.2 Å². The molecule has 5 rings (SSSR count). The molecule has 3 aromatic rings. The second-order valence-electron chi connectivity index (χ2n) is 8.59. The number of piperidine rings is 1. The van der Waals surface area contributed by atoms with Gasteiger partial charge in [-0.15, -0.1) is 11.3 Å². The quantitative estimate of drug-likeness (QED) is 0.620. The number of amides is 1. The zero-order valence-corrected chi connectivity index (χ0v) is 19.5. The van der Waals surface area contributed by atoms with Crippen molar-refractivity contribution in [2.75, 3.05) is 43.1 Å². The van der Waals surface area contributed by atoms with Crippen LogP contribution < -0.4 is 20.3 Å². The molecular weight excluding hydrogens is 422 g/mol. The number of hydrogen-bond donors (Lipinski definition) is 1. The summed E-state index contributed by atoms with van der Waals surface area (Å²) in [5.41, 5.74) is 9.84. The van der Waals surface area contributed by atoms with Gasteiger partial charge in [0.25, 0.3) is 0 Å². The molecule has 0 unspecified atom stereocenters. The van der Waals surface area contributed by atoms with Crippen LogP contribution in [0.4, 0.5) is 11.5 Å². The summed E-state index contributed by atoms with van der Waals surface area (Å²) in [4.78, 5) is 26.8. The standard InChI is InChI=1S/C24H29N5O2S/c1-15-16(22(25)30)14-17(26-23(15)29-12-6-7-13-29)24-27-20-19(31-2)9-8-18(21(20)32-24)28-10-4-3-5-11-28/h8-9,14H,3-7,10-13H2,1-2H3,(H2,25,30). The molecule has 0 spiro atoms. The van der Waals surface area contributed by atoms with Crippen LogP contribution in [0, 0.1) is 6.92 Å². The van der Waals surface area contributed by atoms with Crippen molar-refractivity contribution in [1.82, 2.24) is 9.97 Å². The molecule has 0 aliphatic carbocycles. The van der Waals surface area contributed by atoms with Gasteiger partial charge in [0.1, 0.15) is 27.8 Å². The maximum atomic E-state index is 12.2. The predicted octanol–water partition coefficient (Wildman–Crippen LogP) is 4.36. The molecule has 0 bridgehead atoms. The van der Waals surface area contributed by atoms with Crippen LogP contribution in [0.1, 0.15) is 48.0 Å². The molecule has 2 aliphatic rings. The molecule has 168 valence electrons.